The zero-order valence-corrected chi connectivity index (χ0v) is 14.3. The van der Waals surface area contributed by atoms with Gasteiger partial charge in [-0.1, -0.05) is 24.3 Å². The number of rotatable bonds is 9. The Hall–Kier alpha value is -2.24. The smallest absolute Gasteiger partial charge is 0.188 e. The molecule has 0 bridgehead atoms. The molecule has 0 heterocycles. The van der Waals surface area contributed by atoms with Crippen LogP contribution in [0.2, 0.25) is 0 Å². The highest BCUT2D eigenvalue weighted by molar-refractivity contribution is 5.44. The molecule has 5 nitrogen and oxygen atoms in total. The first-order valence-corrected chi connectivity index (χ1v) is 7.75. The molecule has 0 spiro atoms. The van der Waals surface area contributed by atoms with Gasteiger partial charge in [0, 0.05) is 24.7 Å². The summed E-state index contributed by atoms with van der Waals surface area (Å²) in [6.07, 6.45) is 0.624. The van der Waals surface area contributed by atoms with Crippen molar-refractivity contribution < 1.29 is 24.1 Å². The van der Waals surface area contributed by atoms with Crippen molar-refractivity contribution in [3.8, 4) is 17.2 Å². The van der Waals surface area contributed by atoms with Gasteiger partial charge < -0.3 is 24.1 Å². The fourth-order valence-corrected chi connectivity index (χ4v) is 2.63. The van der Waals surface area contributed by atoms with Gasteiger partial charge in [0.25, 0.3) is 0 Å². The lowest BCUT2D eigenvalue weighted by atomic mass is 9.91. The Morgan fingerprint density at radius 1 is 0.958 bits per heavy atom. The van der Waals surface area contributed by atoms with Crippen LogP contribution < -0.4 is 14.2 Å². The molecule has 0 fully saturated rings. The normalized spacial score (nSPS) is 11.8. The molecule has 5 heteroatoms. The highest BCUT2D eigenvalue weighted by Crippen LogP contribution is 2.34. The second kappa shape index (κ2) is 9.15. The number of aliphatic hydroxyl groups excluding tert-OH is 1. The average molecular weight is 332 g/mol. The summed E-state index contributed by atoms with van der Waals surface area (Å²) in [5.74, 6) is 2.06. The van der Waals surface area contributed by atoms with Gasteiger partial charge in [0.05, 0.1) is 20.8 Å². The summed E-state index contributed by atoms with van der Waals surface area (Å²) in [4.78, 5) is 0. The summed E-state index contributed by atoms with van der Waals surface area (Å²) in [7, 11) is 4.81. The number of ether oxygens (including phenoxy) is 4. The summed E-state index contributed by atoms with van der Waals surface area (Å²) in [5, 5.41) is 9.90. The van der Waals surface area contributed by atoms with Crippen LogP contribution in [0.15, 0.2) is 42.5 Å². The van der Waals surface area contributed by atoms with Gasteiger partial charge in [0.15, 0.2) is 6.79 Å². The molecule has 0 radical (unpaired) electrons. The Balaban J connectivity index is 2.27. The largest absolute Gasteiger partial charge is 0.497 e. The summed E-state index contributed by atoms with van der Waals surface area (Å²) in [6.45, 7) is 0.188. The Kier molecular flexibility index (Phi) is 6.90. The molecule has 1 unspecified atom stereocenters. The fourth-order valence-electron chi connectivity index (χ4n) is 2.63. The molecular formula is C19H24O5. The van der Waals surface area contributed by atoms with Gasteiger partial charge in [-0.2, -0.15) is 0 Å². The van der Waals surface area contributed by atoms with Crippen molar-refractivity contribution in [2.45, 2.75) is 12.3 Å². The van der Waals surface area contributed by atoms with Crippen molar-refractivity contribution in [1.82, 2.24) is 0 Å². The van der Waals surface area contributed by atoms with E-state index < -0.39 is 0 Å². The second-order valence-corrected chi connectivity index (χ2v) is 5.35. The Morgan fingerprint density at radius 2 is 1.75 bits per heavy atom. The van der Waals surface area contributed by atoms with E-state index >= 15 is 0 Å². The monoisotopic (exact) mass is 332 g/mol. The number of para-hydroxylation sites is 1. The Labute approximate surface area is 142 Å². The lowest BCUT2D eigenvalue weighted by Gasteiger charge is -2.20. The van der Waals surface area contributed by atoms with E-state index in [0.717, 1.165) is 22.6 Å². The van der Waals surface area contributed by atoms with Crippen LogP contribution in [0.1, 0.15) is 17.0 Å². The predicted molar refractivity (Wildman–Crippen MR) is 92.0 cm³/mol. The van der Waals surface area contributed by atoms with Crippen LogP contribution in [-0.2, 0) is 11.2 Å². The van der Waals surface area contributed by atoms with Crippen LogP contribution in [0.4, 0.5) is 0 Å². The number of hydrogen-bond acceptors (Lipinski definition) is 5. The van der Waals surface area contributed by atoms with Gasteiger partial charge in [0.1, 0.15) is 17.2 Å². The minimum Gasteiger partial charge on any atom is -0.497 e. The van der Waals surface area contributed by atoms with Gasteiger partial charge >= 0.3 is 0 Å². The van der Waals surface area contributed by atoms with Crippen molar-refractivity contribution >= 4 is 0 Å². The maximum absolute atomic E-state index is 9.90. The standard InChI is InChI=1S/C19H24O5/c1-21-13-24-18-7-5-4-6-14(18)10-15(12-20)17-9-8-16(22-2)11-19(17)23-3/h4-9,11,15,20H,10,12-13H2,1-3H3. The predicted octanol–water partition coefficient (Wildman–Crippen LogP) is 3.01. The van der Waals surface area contributed by atoms with Crippen LogP contribution >= 0.6 is 0 Å². The fraction of sp³-hybridized carbons (Fsp3) is 0.368. The first kappa shape index (κ1) is 18.1. The number of methoxy groups -OCH3 is 3. The Morgan fingerprint density at radius 3 is 2.42 bits per heavy atom. The lowest BCUT2D eigenvalue weighted by molar-refractivity contribution is 0.0503. The van der Waals surface area contributed by atoms with Crippen LogP contribution in [0, 0.1) is 0 Å². The third-order valence-electron chi connectivity index (χ3n) is 3.87. The van der Waals surface area contributed by atoms with Crippen molar-refractivity contribution in [3.05, 3.63) is 53.6 Å². The molecule has 2 aromatic rings. The molecule has 0 aliphatic heterocycles. The molecule has 0 aromatic heterocycles. The van der Waals surface area contributed by atoms with Crippen LogP contribution in [0.25, 0.3) is 0 Å². The zero-order chi connectivity index (χ0) is 17.4. The molecule has 0 saturated heterocycles. The number of benzene rings is 2. The van der Waals surface area contributed by atoms with E-state index in [1.807, 2.05) is 42.5 Å². The first-order valence-electron chi connectivity index (χ1n) is 7.75. The van der Waals surface area contributed by atoms with E-state index in [-0.39, 0.29) is 19.3 Å². The number of aliphatic hydroxyl groups is 1. The van der Waals surface area contributed by atoms with E-state index in [0.29, 0.717) is 12.2 Å². The quantitative estimate of drug-likeness (QED) is 0.716. The molecule has 1 N–H and O–H groups in total. The van der Waals surface area contributed by atoms with Gasteiger partial charge in [-0.25, -0.2) is 0 Å². The van der Waals surface area contributed by atoms with Crippen LogP contribution in [-0.4, -0.2) is 39.8 Å². The molecular weight excluding hydrogens is 308 g/mol. The summed E-state index contributed by atoms with van der Waals surface area (Å²) in [5.41, 5.74) is 1.94. The molecule has 0 amide bonds. The molecule has 1 atom stereocenters. The van der Waals surface area contributed by atoms with E-state index in [2.05, 4.69) is 0 Å². The highest BCUT2D eigenvalue weighted by Gasteiger charge is 2.18. The molecule has 0 aliphatic rings. The second-order valence-electron chi connectivity index (χ2n) is 5.35. The molecule has 24 heavy (non-hydrogen) atoms. The molecule has 2 rings (SSSR count). The highest BCUT2D eigenvalue weighted by atomic mass is 16.7. The third kappa shape index (κ3) is 4.40. The molecule has 0 aliphatic carbocycles. The van der Waals surface area contributed by atoms with E-state index in [9.17, 15) is 5.11 Å². The molecule has 130 valence electrons. The topological polar surface area (TPSA) is 57.2 Å². The molecule has 0 saturated carbocycles. The minimum absolute atomic E-state index is 0.00129. The van der Waals surface area contributed by atoms with Crippen molar-refractivity contribution in [2.24, 2.45) is 0 Å². The van der Waals surface area contributed by atoms with Gasteiger partial charge in [0.2, 0.25) is 0 Å². The molecule has 2 aromatic carbocycles. The van der Waals surface area contributed by atoms with Crippen molar-refractivity contribution in [1.29, 1.82) is 0 Å². The number of hydrogen-bond donors (Lipinski definition) is 1. The van der Waals surface area contributed by atoms with Crippen molar-refractivity contribution in [2.75, 3.05) is 34.7 Å². The summed E-state index contributed by atoms with van der Waals surface area (Å²) in [6, 6.07) is 13.4. The Bertz CT molecular complexity index is 641. The van der Waals surface area contributed by atoms with E-state index in [4.69, 9.17) is 18.9 Å². The summed E-state index contributed by atoms with van der Waals surface area (Å²) >= 11 is 0. The SMILES string of the molecule is COCOc1ccccc1CC(CO)c1ccc(OC)cc1OC. The maximum Gasteiger partial charge on any atom is 0.188 e. The summed E-state index contributed by atoms with van der Waals surface area (Å²) < 4.78 is 21.3. The maximum atomic E-state index is 9.90. The van der Waals surface area contributed by atoms with E-state index in [1.165, 1.54) is 0 Å². The van der Waals surface area contributed by atoms with Gasteiger partial charge in [-0.15, -0.1) is 0 Å². The third-order valence-corrected chi connectivity index (χ3v) is 3.87. The minimum atomic E-state index is -0.113. The van der Waals surface area contributed by atoms with Crippen LogP contribution in [0.5, 0.6) is 17.2 Å². The van der Waals surface area contributed by atoms with Crippen molar-refractivity contribution in [3.63, 3.8) is 0 Å². The zero-order valence-electron chi connectivity index (χ0n) is 14.3. The van der Waals surface area contributed by atoms with Gasteiger partial charge in [-0.05, 0) is 24.1 Å². The average Bonchev–Trinajstić information content (AvgIpc) is 2.64. The first-order chi connectivity index (χ1) is 11.7. The van der Waals surface area contributed by atoms with E-state index in [1.54, 1.807) is 21.3 Å². The lowest BCUT2D eigenvalue weighted by Crippen LogP contribution is -2.11. The van der Waals surface area contributed by atoms with Gasteiger partial charge in [-0.3, -0.25) is 0 Å². The van der Waals surface area contributed by atoms with Crippen LogP contribution in [0.3, 0.4) is 0 Å².